The first-order valence-corrected chi connectivity index (χ1v) is 8.97. The number of benzene rings is 2. The average molecular weight is 393 g/mol. The number of rotatable bonds is 3. The fourth-order valence-corrected chi connectivity index (χ4v) is 3.18. The number of halogens is 1. The van der Waals surface area contributed by atoms with Crippen LogP contribution in [-0.2, 0) is 0 Å². The Morgan fingerprint density at radius 3 is 2.50 bits per heavy atom. The van der Waals surface area contributed by atoms with Gasteiger partial charge in [-0.25, -0.2) is 9.97 Å². The molecule has 1 unspecified atom stereocenters. The smallest absolute Gasteiger partial charge is 0.220 e. The summed E-state index contributed by atoms with van der Waals surface area (Å²) in [6.07, 6.45) is 0. The standard InChI is InChI=1S/C20H17ClN6O/c1-27(2)13-6-3-11(4-7-13)16-10-17(24-20(22)23-16)18-19(28)14-9-12(21)5-8-15(14)25-26-18/h3-10,18H,1-2H3,(H2,22,23,24). The number of nitrogens with two attached hydrogens (primary N) is 1. The molecule has 28 heavy (non-hydrogen) atoms. The molecule has 0 spiro atoms. The van der Waals surface area contributed by atoms with E-state index < -0.39 is 6.04 Å². The molecule has 1 aliphatic heterocycles. The molecular weight excluding hydrogens is 376 g/mol. The normalized spacial score (nSPS) is 15.4. The van der Waals surface area contributed by atoms with E-state index in [9.17, 15) is 4.79 Å². The third kappa shape index (κ3) is 3.32. The van der Waals surface area contributed by atoms with Gasteiger partial charge in [0.25, 0.3) is 0 Å². The molecule has 0 radical (unpaired) electrons. The summed E-state index contributed by atoms with van der Waals surface area (Å²) < 4.78 is 0. The molecule has 140 valence electrons. The maximum atomic E-state index is 12.9. The number of azo groups is 1. The molecule has 0 saturated carbocycles. The maximum Gasteiger partial charge on any atom is 0.220 e. The summed E-state index contributed by atoms with van der Waals surface area (Å²) in [5.74, 6) is -0.149. The van der Waals surface area contributed by atoms with E-state index in [0.29, 0.717) is 27.7 Å². The van der Waals surface area contributed by atoms with Gasteiger partial charge in [0.05, 0.1) is 17.1 Å². The van der Waals surface area contributed by atoms with Crippen molar-refractivity contribution in [2.45, 2.75) is 6.04 Å². The van der Waals surface area contributed by atoms with Crippen molar-refractivity contribution in [3.63, 3.8) is 0 Å². The summed E-state index contributed by atoms with van der Waals surface area (Å²) in [6, 6.07) is 13.6. The SMILES string of the molecule is CN(C)c1ccc(-c2cc(C3N=Nc4ccc(Cl)cc4C3=O)nc(N)n2)cc1. The Morgan fingerprint density at radius 1 is 1.04 bits per heavy atom. The first-order chi connectivity index (χ1) is 13.4. The van der Waals surface area contributed by atoms with Crippen LogP contribution in [0.2, 0.25) is 5.02 Å². The minimum atomic E-state index is -0.879. The van der Waals surface area contributed by atoms with Gasteiger partial charge in [-0.2, -0.15) is 10.2 Å². The molecule has 2 N–H and O–H groups in total. The third-order valence-corrected chi connectivity index (χ3v) is 4.71. The highest BCUT2D eigenvalue weighted by atomic mass is 35.5. The predicted molar refractivity (Wildman–Crippen MR) is 109 cm³/mol. The van der Waals surface area contributed by atoms with Crippen LogP contribution in [0.15, 0.2) is 58.8 Å². The van der Waals surface area contributed by atoms with Crippen molar-refractivity contribution < 1.29 is 4.79 Å². The van der Waals surface area contributed by atoms with Crippen LogP contribution in [0.1, 0.15) is 22.1 Å². The fraction of sp³-hybridized carbons (Fsp3) is 0.150. The number of aromatic nitrogens is 2. The second-order valence-electron chi connectivity index (χ2n) is 6.62. The second kappa shape index (κ2) is 7.01. The lowest BCUT2D eigenvalue weighted by molar-refractivity contribution is 0.0954. The zero-order chi connectivity index (χ0) is 19.8. The van der Waals surface area contributed by atoms with E-state index in [0.717, 1.165) is 11.3 Å². The lowest BCUT2D eigenvalue weighted by atomic mass is 9.98. The number of nitrogens with zero attached hydrogens (tertiary/aromatic N) is 5. The largest absolute Gasteiger partial charge is 0.378 e. The number of fused-ring (bicyclic) bond motifs is 1. The number of Topliss-reactive ketones (excluding diaryl/α,β-unsaturated/α-hetero) is 1. The van der Waals surface area contributed by atoms with Crippen molar-refractivity contribution in [2.75, 3.05) is 24.7 Å². The van der Waals surface area contributed by atoms with Gasteiger partial charge in [-0.3, -0.25) is 4.79 Å². The van der Waals surface area contributed by atoms with Gasteiger partial charge in [0.1, 0.15) is 0 Å². The van der Waals surface area contributed by atoms with Gasteiger partial charge < -0.3 is 10.6 Å². The minimum absolute atomic E-state index is 0.0732. The van der Waals surface area contributed by atoms with Crippen molar-refractivity contribution in [2.24, 2.45) is 10.2 Å². The summed E-state index contributed by atoms with van der Waals surface area (Å²) in [5, 5.41) is 8.75. The summed E-state index contributed by atoms with van der Waals surface area (Å²) >= 11 is 6.03. The van der Waals surface area contributed by atoms with E-state index in [1.807, 2.05) is 43.3 Å². The molecule has 1 aromatic heterocycles. The molecule has 0 bridgehead atoms. The fourth-order valence-electron chi connectivity index (χ4n) is 3.01. The van der Waals surface area contributed by atoms with Crippen molar-refractivity contribution in [1.82, 2.24) is 9.97 Å². The quantitative estimate of drug-likeness (QED) is 0.709. The first-order valence-electron chi connectivity index (χ1n) is 8.59. The number of hydrogen-bond acceptors (Lipinski definition) is 7. The Bertz CT molecular complexity index is 1090. The van der Waals surface area contributed by atoms with Gasteiger partial charge in [-0.15, -0.1) is 0 Å². The van der Waals surface area contributed by atoms with Crippen LogP contribution in [-0.4, -0.2) is 29.8 Å². The van der Waals surface area contributed by atoms with Crippen molar-refractivity contribution in [1.29, 1.82) is 0 Å². The van der Waals surface area contributed by atoms with E-state index in [1.165, 1.54) is 0 Å². The number of carbonyl (C=O) groups excluding carboxylic acids is 1. The molecule has 8 heteroatoms. The summed E-state index contributed by atoms with van der Waals surface area (Å²) in [4.78, 5) is 23.5. The highest BCUT2D eigenvalue weighted by Gasteiger charge is 2.30. The molecule has 7 nitrogen and oxygen atoms in total. The lowest BCUT2D eigenvalue weighted by Crippen LogP contribution is -2.16. The van der Waals surface area contributed by atoms with Crippen LogP contribution in [0.3, 0.4) is 0 Å². The zero-order valence-corrected chi connectivity index (χ0v) is 16.1. The number of carbonyl (C=O) groups is 1. The lowest BCUT2D eigenvalue weighted by Gasteiger charge is -2.17. The van der Waals surface area contributed by atoms with Crippen LogP contribution < -0.4 is 10.6 Å². The second-order valence-corrected chi connectivity index (χ2v) is 7.06. The van der Waals surface area contributed by atoms with Crippen LogP contribution >= 0.6 is 11.6 Å². The van der Waals surface area contributed by atoms with Gasteiger partial charge >= 0.3 is 0 Å². The number of ketones is 1. The number of hydrogen-bond donors (Lipinski definition) is 1. The van der Waals surface area contributed by atoms with E-state index in [2.05, 4.69) is 20.2 Å². The molecule has 0 amide bonds. The van der Waals surface area contributed by atoms with Crippen LogP contribution in [0.4, 0.5) is 17.3 Å². The molecule has 4 rings (SSSR count). The molecule has 0 aliphatic carbocycles. The van der Waals surface area contributed by atoms with Crippen molar-refractivity contribution in [3.05, 3.63) is 64.8 Å². The average Bonchev–Trinajstić information content (AvgIpc) is 2.68. The van der Waals surface area contributed by atoms with Gasteiger partial charge in [0.15, 0.2) is 11.8 Å². The van der Waals surface area contributed by atoms with Crippen LogP contribution in [0.25, 0.3) is 11.3 Å². The Balaban J connectivity index is 1.73. The Hall–Kier alpha value is -3.32. The highest BCUT2D eigenvalue weighted by Crippen LogP contribution is 2.36. The molecule has 1 atom stereocenters. The first kappa shape index (κ1) is 18.1. The highest BCUT2D eigenvalue weighted by molar-refractivity contribution is 6.31. The van der Waals surface area contributed by atoms with Crippen LogP contribution in [0.5, 0.6) is 0 Å². The van der Waals surface area contributed by atoms with E-state index in [-0.39, 0.29) is 11.7 Å². The molecule has 0 saturated heterocycles. The number of nitrogen functional groups attached to an aromatic ring is 1. The molecular formula is C20H17ClN6O. The molecule has 0 fully saturated rings. The van der Waals surface area contributed by atoms with Gasteiger partial charge in [-0.05, 0) is 36.4 Å². The summed E-state index contributed by atoms with van der Waals surface area (Å²) in [6.45, 7) is 0. The van der Waals surface area contributed by atoms with Gasteiger partial charge in [0.2, 0.25) is 5.95 Å². The van der Waals surface area contributed by atoms with Gasteiger partial charge in [-0.1, -0.05) is 23.7 Å². The summed E-state index contributed by atoms with van der Waals surface area (Å²) in [7, 11) is 3.94. The van der Waals surface area contributed by atoms with Crippen molar-refractivity contribution in [3.8, 4) is 11.3 Å². The van der Waals surface area contributed by atoms with E-state index >= 15 is 0 Å². The third-order valence-electron chi connectivity index (χ3n) is 4.48. The van der Waals surface area contributed by atoms with Gasteiger partial charge in [0, 0.05) is 35.9 Å². The molecule has 1 aliphatic rings. The Kier molecular flexibility index (Phi) is 4.52. The number of anilines is 2. The minimum Gasteiger partial charge on any atom is -0.378 e. The maximum absolute atomic E-state index is 12.9. The summed E-state index contributed by atoms with van der Waals surface area (Å²) in [5.41, 5.74) is 9.77. The van der Waals surface area contributed by atoms with E-state index in [4.69, 9.17) is 17.3 Å². The van der Waals surface area contributed by atoms with E-state index in [1.54, 1.807) is 24.3 Å². The zero-order valence-electron chi connectivity index (χ0n) is 15.3. The topological polar surface area (TPSA) is 96.8 Å². The van der Waals surface area contributed by atoms with Crippen LogP contribution in [0, 0.1) is 0 Å². The van der Waals surface area contributed by atoms with Crippen molar-refractivity contribution >= 4 is 34.7 Å². The predicted octanol–water partition coefficient (Wildman–Crippen LogP) is 4.47. The Labute approximate surface area is 166 Å². The molecule has 3 aromatic rings. The monoisotopic (exact) mass is 392 g/mol. The molecule has 2 heterocycles. The Morgan fingerprint density at radius 2 is 1.79 bits per heavy atom. The molecule has 2 aromatic carbocycles.